The molecule has 0 unspecified atom stereocenters. The van der Waals surface area contributed by atoms with Gasteiger partial charge < -0.3 is 9.80 Å². The van der Waals surface area contributed by atoms with Crippen LogP contribution in [-0.4, -0.2) is 46.5 Å². The highest BCUT2D eigenvalue weighted by Gasteiger charge is 2.41. The zero-order valence-electron chi connectivity index (χ0n) is 12.2. The smallest absolute Gasteiger partial charge is 0.225 e. The van der Waals surface area contributed by atoms with Crippen molar-refractivity contribution in [3.63, 3.8) is 0 Å². The molecule has 0 aromatic carbocycles. The summed E-state index contributed by atoms with van der Waals surface area (Å²) in [4.78, 5) is 25.3. The van der Waals surface area contributed by atoms with Crippen LogP contribution in [0.15, 0.2) is 18.5 Å². The van der Waals surface area contributed by atoms with Crippen molar-refractivity contribution in [3.05, 3.63) is 18.5 Å². The standard InChI is InChI=1S/C15H22N4O/c1-11(2)14(20)19-9-4-12-10-18(8-5-13(12)19)15-16-6-3-7-17-15/h3,6-7,11-13H,4-5,8-10H2,1-2H3/t12-,13+/m1/s1. The molecule has 3 heterocycles. The fraction of sp³-hybridized carbons (Fsp3) is 0.667. The third-order valence-corrected chi connectivity index (χ3v) is 4.45. The van der Waals surface area contributed by atoms with E-state index in [2.05, 4.69) is 19.8 Å². The normalized spacial score (nSPS) is 25.9. The van der Waals surface area contributed by atoms with Gasteiger partial charge in [-0.05, 0) is 24.8 Å². The van der Waals surface area contributed by atoms with Crippen LogP contribution in [-0.2, 0) is 4.79 Å². The number of rotatable bonds is 2. The van der Waals surface area contributed by atoms with Crippen LogP contribution in [0.2, 0.25) is 0 Å². The van der Waals surface area contributed by atoms with Gasteiger partial charge in [-0.1, -0.05) is 13.8 Å². The van der Waals surface area contributed by atoms with Crippen LogP contribution >= 0.6 is 0 Å². The highest BCUT2D eigenvalue weighted by Crippen LogP contribution is 2.33. The van der Waals surface area contributed by atoms with E-state index in [1.165, 1.54) is 0 Å². The number of carbonyl (C=O) groups excluding carboxylic acids is 1. The van der Waals surface area contributed by atoms with Gasteiger partial charge in [0.1, 0.15) is 0 Å². The van der Waals surface area contributed by atoms with Gasteiger partial charge in [0, 0.05) is 44.0 Å². The number of nitrogens with zero attached hydrogens (tertiary/aromatic N) is 4. The maximum atomic E-state index is 12.2. The third kappa shape index (κ3) is 2.37. The van der Waals surface area contributed by atoms with E-state index >= 15 is 0 Å². The molecule has 2 saturated heterocycles. The Morgan fingerprint density at radius 3 is 2.70 bits per heavy atom. The summed E-state index contributed by atoms with van der Waals surface area (Å²) >= 11 is 0. The summed E-state index contributed by atoms with van der Waals surface area (Å²) in [6.07, 6.45) is 5.71. The van der Waals surface area contributed by atoms with Crippen LogP contribution in [0.25, 0.3) is 0 Å². The van der Waals surface area contributed by atoms with E-state index in [0.717, 1.165) is 38.4 Å². The SMILES string of the molecule is CC(C)C(=O)N1CC[C@@H]2CN(c3ncccn3)CC[C@@H]21. The van der Waals surface area contributed by atoms with Gasteiger partial charge in [-0.3, -0.25) is 4.79 Å². The number of piperidine rings is 1. The summed E-state index contributed by atoms with van der Waals surface area (Å²) < 4.78 is 0. The maximum absolute atomic E-state index is 12.2. The Kier molecular flexibility index (Phi) is 3.59. The average Bonchev–Trinajstić information content (AvgIpc) is 2.90. The van der Waals surface area contributed by atoms with Crippen LogP contribution in [0.4, 0.5) is 5.95 Å². The van der Waals surface area contributed by atoms with Crippen LogP contribution in [0, 0.1) is 11.8 Å². The number of carbonyl (C=O) groups is 1. The lowest BCUT2D eigenvalue weighted by atomic mass is 9.92. The predicted octanol–water partition coefficient (Wildman–Crippen LogP) is 1.56. The zero-order chi connectivity index (χ0) is 14.1. The summed E-state index contributed by atoms with van der Waals surface area (Å²) in [6, 6.07) is 2.26. The number of likely N-dealkylation sites (tertiary alicyclic amines) is 1. The number of anilines is 1. The maximum Gasteiger partial charge on any atom is 0.225 e. The Balaban J connectivity index is 1.68. The molecule has 1 aromatic rings. The molecule has 3 rings (SSSR count). The molecule has 0 radical (unpaired) electrons. The Labute approximate surface area is 120 Å². The Morgan fingerprint density at radius 1 is 1.25 bits per heavy atom. The van der Waals surface area contributed by atoms with Crippen LogP contribution in [0.5, 0.6) is 0 Å². The highest BCUT2D eigenvalue weighted by molar-refractivity contribution is 5.78. The fourth-order valence-electron chi connectivity index (χ4n) is 3.43. The first kappa shape index (κ1) is 13.3. The molecule has 5 heteroatoms. The van der Waals surface area contributed by atoms with Crippen molar-refractivity contribution in [2.45, 2.75) is 32.7 Å². The van der Waals surface area contributed by atoms with Crippen molar-refractivity contribution in [2.75, 3.05) is 24.5 Å². The van der Waals surface area contributed by atoms with Crippen molar-refractivity contribution < 1.29 is 4.79 Å². The van der Waals surface area contributed by atoms with Gasteiger partial charge in [-0.15, -0.1) is 0 Å². The van der Waals surface area contributed by atoms with Crippen LogP contribution in [0.3, 0.4) is 0 Å². The summed E-state index contributed by atoms with van der Waals surface area (Å²) in [5.41, 5.74) is 0. The lowest BCUT2D eigenvalue weighted by Gasteiger charge is -2.38. The molecule has 2 aliphatic heterocycles. The van der Waals surface area contributed by atoms with Crippen molar-refractivity contribution in [2.24, 2.45) is 11.8 Å². The van der Waals surface area contributed by atoms with E-state index in [-0.39, 0.29) is 5.92 Å². The summed E-state index contributed by atoms with van der Waals surface area (Å²) in [5, 5.41) is 0. The Morgan fingerprint density at radius 2 is 2.00 bits per heavy atom. The van der Waals surface area contributed by atoms with Crippen LogP contribution < -0.4 is 4.90 Å². The molecule has 1 aromatic heterocycles. The van der Waals surface area contributed by atoms with Gasteiger partial charge in [0.25, 0.3) is 0 Å². The topological polar surface area (TPSA) is 49.3 Å². The molecule has 1 amide bonds. The molecule has 2 fully saturated rings. The Hall–Kier alpha value is -1.65. The van der Waals surface area contributed by atoms with E-state index in [4.69, 9.17) is 0 Å². The fourth-order valence-corrected chi connectivity index (χ4v) is 3.43. The van der Waals surface area contributed by atoms with Gasteiger partial charge in [-0.2, -0.15) is 0 Å². The number of hydrogen-bond donors (Lipinski definition) is 0. The molecule has 2 aliphatic rings. The average molecular weight is 274 g/mol. The minimum Gasteiger partial charge on any atom is -0.340 e. The van der Waals surface area contributed by atoms with Crippen molar-refractivity contribution in [3.8, 4) is 0 Å². The van der Waals surface area contributed by atoms with E-state index in [0.29, 0.717) is 17.9 Å². The molecule has 0 bridgehead atoms. The van der Waals surface area contributed by atoms with E-state index in [1.54, 1.807) is 12.4 Å². The largest absolute Gasteiger partial charge is 0.340 e. The van der Waals surface area contributed by atoms with Gasteiger partial charge in [0.2, 0.25) is 11.9 Å². The first-order valence-corrected chi connectivity index (χ1v) is 7.49. The minimum absolute atomic E-state index is 0.101. The molecule has 5 nitrogen and oxygen atoms in total. The summed E-state index contributed by atoms with van der Waals surface area (Å²) in [5.74, 6) is 1.79. The molecule has 20 heavy (non-hydrogen) atoms. The molecule has 2 atom stereocenters. The van der Waals surface area contributed by atoms with Gasteiger partial charge in [0.15, 0.2) is 0 Å². The van der Waals surface area contributed by atoms with E-state index in [1.807, 2.05) is 19.9 Å². The van der Waals surface area contributed by atoms with Gasteiger partial charge in [-0.25, -0.2) is 9.97 Å². The Bertz CT molecular complexity index is 476. The number of aromatic nitrogens is 2. The van der Waals surface area contributed by atoms with Crippen molar-refractivity contribution in [1.29, 1.82) is 0 Å². The lowest BCUT2D eigenvalue weighted by molar-refractivity contribution is -0.135. The second-order valence-electron chi connectivity index (χ2n) is 6.09. The molecular weight excluding hydrogens is 252 g/mol. The first-order chi connectivity index (χ1) is 9.66. The third-order valence-electron chi connectivity index (χ3n) is 4.45. The lowest BCUT2D eigenvalue weighted by Crippen LogP contribution is -2.48. The molecular formula is C15H22N4O. The number of fused-ring (bicyclic) bond motifs is 1. The van der Waals surface area contributed by atoms with Crippen LogP contribution in [0.1, 0.15) is 26.7 Å². The van der Waals surface area contributed by atoms with E-state index < -0.39 is 0 Å². The van der Waals surface area contributed by atoms with Crippen molar-refractivity contribution >= 4 is 11.9 Å². The number of amides is 1. The predicted molar refractivity (Wildman–Crippen MR) is 77.3 cm³/mol. The zero-order valence-corrected chi connectivity index (χ0v) is 12.2. The second kappa shape index (κ2) is 5.38. The number of hydrogen-bond acceptors (Lipinski definition) is 4. The highest BCUT2D eigenvalue weighted by atomic mass is 16.2. The summed E-state index contributed by atoms with van der Waals surface area (Å²) in [7, 11) is 0. The summed E-state index contributed by atoms with van der Waals surface area (Å²) in [6.45, 7) is 6.80. The molecule has 0 N–H and O–H groups in total. The molecule has 108 valence electrons. The minimum atomic E-state index is 0.101. The molecule has 0 saturated carbocycles. The van der Waals surface area contributed by atoms with Crippen molar-refractivity contribution in [1.82, 2.24) is 14.9 Å². The first-order valence-electron chi connectivity index (χ1n) is 7.49. The quantitative estimate of drug-likeness (QED) is 0.821. The van der Waals surface area contributed by atoms with E-state index in [9.17, 15) is 4.79 Å². The monoisotopic (exact) mass is 274 g/mol. The molecule has 0 aliphatic carbocycles. The van der Waals surface area contributed by atoms with Gasteiger partial charge >= 0.3 is 0 Å². The van der Waals surface area contributed by atoms with Gasteiger partial charge in [0.05, 0.1) is 0 Å². The second-order valence-corrected chi connectivity index (χ2v) is 6.09. The molecule has 0 spiro atoms.